The number of amides is 1. The Kier molecular flexibility index (Phi) is 5.50. The average molecular weight is 296 g/mol. The van der Waals surface area contributed by atoms with Crippen LogP contribution < -0.4 is 10.6 Å². The van der Waals surface area contributed by atoms with Gasteiger partial charge in [0, 0.05) is 16.7 Å². The Morgan fingerprint density at radius 1 is 1.47 bits per heavy atom. The fourth-order valence-corrected chi connectivity index (χ4v) is 1.95. The maximum Gasteiger partial charge on any atom is 0.239 e. The minimum absolute atomic E-state index is 0.113. The zero-order valence-corrected chi connectivity index (χ0v) is 11.2. The van der Waals surface area contributed by atoms with Crippen LogP contribution in [-0.2, 0) is 4.79 Å². The van der Waals surface area contributed by atoms with Gasteiger partial charge >= 0.3 is 0 Å². The Bertz CT molecular complexity index is 420. The smallest absolute Gasteiger partial charge is 0.239 e. The molecule has 0 bridgehead atoms. The molecule has 1 amide bonds. The van der Waals surface area contributed by atoms with Gasteiger partial charge in [0.1, 0.15) is 0 Å². The first-order chi connectivity index (χ1) is 8.11. The zero-order chi connectivity index (χ0) is 12.7. The van der Waals surface area contributed by atoms with Gasteiger partial charge in [-0.05, 0) is 30.7 Å². The molecule has 2 N–H and O–H groups in total. The lowest BCUT2D eigenvalue weighted by molar-refractivity contribution is -0.119. The van der Waals surface area contributed by atoms with E-state index in [4.69, 9.17) is 5.26 Å². The van der Waals surface area contributed by atoms with Crippen LogP contribution in [0.25, 0.3) is 0 Å². The van der Waals surface area contributed by atoms with Gasteiger partial charge in [0.15, 0.2) is 0 Å². The van der Waals surface area contributed by atoms with Crippen molar-refractivity contribution in [1.29, 1.82) is 5.26 Å². The van der Waals surface area contributed by atoms with E-state index in [1.165, 1.54) is 0 Å². The van der Waals surface area contributed by atoms with Crippen LogP contribution in [0.1, 0.15) is 12.0 Å². The minimum atomic E-state index is -0.113. The fourth-order valence-electron chi connectivity index (χ4n) is 1.34. The lowest BCUT2D eigenvalue weighted by Gasteiger charge is -2.08. The summed E-state index contributed by atoms with van der Waals surface area (Å²) in [7, 11) is 0. The van der Waals surface area contributed by atoms with E-state index in [9.17, 15) is 4.79 Å². The van der Waals surface area contributed by atoms with Gasteiger partial charge in [0.2, 0.25) is 5.91 Å². The largest absolute Gasteiger partial charge is 0.376 e. The van der Waals surface area contributed by atoms with Crippen molar-refractivity contribution < 1.29 is 4.79 Å². The molecule has 0 atom stereocenters. The average Bonchev–Trinajstić information content (AvgIpc) is 2.25. The van der Waals surface area contributed by atoms with Crippen molar-refractivity contribution in [1.82, 2.24) is 5.32 Å². The Balaban J connectivity index is 2.39. The molecule has 90 valence electrons. The van der Waals surface area contributed by atoms with Crippen LogP contribution in [0.5, 0.6) is 0 Å². The second-order valence-corrected chi connectivity index (χ2v) is 4.54. The van der Waals surface area contributed by atoms with E-state index in [1.807, 2.05) is 31.2 Å². The number of anilines is 1. The molecule has 4 nitrogen and oxygen atoms in total. The van der Waals surface area contributed by atoms with Gasteiger partial charge in [-0.1, -0.05) is 15.9 Å². The van der Waals surface area contributed by atoms with Crippen LogP contribution in [0.15, 0.2) is 22.7 Å². The summed E-state index contributed by atoms with van der Waals surface area (Å²) in [5.41, 5.74) is 2.01. The number of carbonyl (C=O) groups is 1. The highest BCUT2D eigenvalue weighted by atomic mass is 79.9. The van der Waals surface area contributed by atoms with Crippen LogP contribution in [-0.4, -0.2) is 19.0 Å². The molecule has 0 spiro atoms. The molecule has 0 aliphatic carbocycles. The van der Waals surface area contributed by atoms with E-state index in [-0.39, 0.29) is 12.5 Å². The van der Waals surface area contributed by atoms with Gasteiger partial charge in [-0.2, -0.15) is 5.26 Å². The standard InChI is InChI=1S/C12H14BrN3O/c1-9-5-10(13)7-11(6-9)16-8-12(17)15-4-2-3-14/h5-7,16H,2,4,8H2,1H3,(H,15,17). The van der Waals surface area contributed by atoms with Crippen molar-refractivity contribution in [2.45, 2.75) is 13.3 Å². The predicted octanol–water partition coefficient (Wildman–Crippen LogP) is 2.20. The molecule has 1 aromatic rings. The fraction of sp³-hybridized carbons (Fsp3) is 0.333. The topological polar surface area (TPSA) is 64.9 Å². The van der Waals surface area contributed by atoms with Gasteiger partial charge < -0.3 is 10.6 Å². The first-order valence-corrected chi connectivity index (χ1v) is 6.06. The normalized spacial score (nSPS) is 9.47. The zero-order valence-electron chi connectivity index (χ0n) is 9.59. The van der Waals surface area contributed by atoms with Crippen LogP contribution in [0, 0.1) is 18.3 Å². The number of hydrogen-bond acceptors (Lipinski definition) is 3. The molecule has 17 heavy (non-hydrogen) atoms. The molecule has 0 aromatic heterocycles. The summed E-state index contributed by atoms with van der Waals surface area (Å²) in [5, 5.41) is 14.0. The van der Waals surface area contributed by atoms with Crippen molar-refractivity contribution in [3.05, 3.63) is 28.2 Å². The molecule has 0 saturated heterocycles. The third kappa shape index (κ3) is 5.36. The second kappa shape index (κ2) is 6.92. The number of benzene rings is 1. The molecule has 0 radical (unpaired) electrons. The van der Waals surface area contributed by atoms with Crippen molar-refractivity contribution in [3.63, 3.8) is 0 Å². The molecule has 0 unspecified atom stereocenters. The second-order valence-electron chi connectivity index (χ2n) is 3.63. The molecule has 1 aromatic carbocycles. The van der Waals surface area contributed by atoms with Gasteiger partial charge in [-0.25, -0.2) is 0 Å². The van der Waals surface area contributed by atoms with E-state index in [0.29, 0.717) is 13.0 Å². The summed E-state index contributed by atoms with van der Waals surface area (Å²) in [6, 6.07) is 7.85. The molecule has 0 saturated carbocycles. The Morgan fingerprint density at radius 3 is 2.88 bits per heavy atom. The first-order valence-electron chi connectivity index (χ1n) is 5.26. The van der Waals surface area contributed by atoms with Crippen molar-refractivity contribution in [2.75, 3.05) is 18.4 Å². The predicted molar refractivity (Wildman–Crippen MR) is 70.6 cm³/mol. The van der Waals surface area contributed by atoms with E-state index in [0.717, 1.165) is 15.7 Å². The summed E-state index contributed by atoms with van der Waals surface area (Å²) in [4.78, 5) is 11.4. The lowest BCUT2D eigenvalue weighted by atomic mass is 10.2. The maximum absolute atomic E-state index is 11.4. The van der Waals surface area contributed by atoms with Gasteiger partial charge in [0.05, 0.1) is 19.0 Å². The molecular weight excluding hydrogens is 282 g/mol. The number of carbonyl (C=O) groups excluding carboxylic acids is 1. The van der Waals surface area contributed by atoms with Crippen LogP contribution >= 0.6 is 15.9 Å². The molecule has 0 aliphatic heterocycles. The highest BCUT2D eigenvalue weighted by molar-refractivity contribution is 9.10. The molecule has 5 heteroatoms. The number of nitrogens with zero attached hydrogens (tertiary/aromatic N) is 1. The van der Waals surface area contributed by atoms with Gasteiger partial charge in [-0.15, -0.1) is 0 Å². The summed E-state index contributed by atoms with van der Waals surface area (Å²) < 4.78 is 0.977. The molecule has 1 rings (SSSR count). The molecular formula is C12H14BrN3O. The molecule has 0 fully saturated rings. The molecule has 0 aliphatic rings. The number of hydrogen-bond donors (Lipinski definition) is 2. The maximum atomic E-state index is 11.4. The highest BCUT2D eigenvalue weighted by Crippen LogP contribution is 2.18. The van der Waals surface area contributed by atoms with Gasteiger partial charge in [-0.3, -0.25) is 4.79 Å². The van der Waals surface area contributed by atoms with Crippen molar-refractivity contribution in [2.24, 2.45) is 0 Å². The summed E-state index contributed by atoms with van der Waals surface area (Å²) in [6.07, 6.45) is 0.335. The summed E-state index contributed by atoms with van der Waals surface area (Å²) in [6.45, 7) is 2.60. The van der Waals surface area contributed by atoms with Crippen molar-refractivity contribution >= 4 is 27.5 Å². The summed E-state index contributed by atoms with van der Waals surface area (Å²) >= 11 is 3.39. The number of rotatable bonds is 5. The van der Waals surface area contributed by atoms with Crippen LogP contribution in [0.3, 0.4) is 0 Å². The minimum Gasteiger partial charge on any atom is -0.376 e. The van der Waals surface area contributed by atoms with E-state index >= 15 is 0 Å². The number of halogens is 1. The Labute approximate surface area is 109 Å². The van der Waals surface area contributed by atoms with E-state index in [2.05, 4.69) is 26.6 Å². The lowest BCUT2D eigenvalue weighted by Crippen LogP contribution is -2.30. The molecule has 0 heterocycles. The Hall–Kier alpha value is -1.54. The number of aryl methyl sites for hydroxylation is 1. The third-order valence-corrected chi connectivity index (χ3v) is 2.51. The Morgan fingerprint density at radius 2 is 2.24 bits per heavy atom. The first kappa shape index (κ1) is 13.5. The highest BCUT2D eigenvalue weighted by Gasteiger charge is 2.01. The number of nitrogens with one attached hydrogen (secondary N) is 2. The third-order valence-electron chi connectivity index (χ3n) is 2.05. The van der Waals surface area contributed by atoms with E-state index in [1.54, 1.807) is 0 Å². The van der Waals surface area contributed by atoms with Crippen molar-refractivity contribution in [3.8, 4) is 6.07 Å². The monoisotopic (exact) mass is 295 g/mol. The summed E-state index contributed by atoms with van der Waals surface area (Å²) in [5.74, 6) is -0.113. The van der Waals surface area contributed by atoms with E-state index < -0.39 is 0 Å². The van der Waals surface area contributed by atoms with Crippen LogP contribution in [0.2, 0.25) is 0 Å². The van der Waals surface area contributed by atoms with Gasteiger partial charge in [0.25, 0.3) is 0 Å². The van der Waals surface area contributed by atoms with Crippen LogP contribution in [0.4, 0.5) is 5.69 Å². The quantitative estimate of drug-likeness (QED) is 0.819. The SMILES string of the molecule is Cc1cc(Br)cc(NCC(=O)NCCC#N)c1. The number of nitriles is 1.